The number of aromatic amines is 1. The van der Waals surface area contributed by atoms with Gasteiger partial charge in [0.2, 0.25) is 5.56 Å². The molecule has 1 atom stereocenters. The Kier molecular flexibility index (Phi) is 3.80. The van der Waals surface area contributed by atoms with Crippen LogP contribution in [-0.4, -0.2) is 4.98 Å². The molecule has 0 radical (unpaired) electrons. The van der Waals surface area contributed by atoms with Crippen LogP contribution in [0.25, 0.3) is 0 Å². The van der Waals surface area contributed by atoms with Crippen LogP contribution in [-0.2, 0) is 6.42 Å². The number of halogens is 3. The first-order valence-corrected chi connectivity index (χ1v) is 7.47. The molecule has 1 aliphatic rings. The molecule has 0 spiro atoms. The maximum atomic E-state index is 13.8. The van der Waals surface area contributed by atoms with E-state index in [9.17, 15) is 13.6 Å². The van der Waals surface area contributed by atoms with Gasteiger partial charge < -0.3 is 10.3 Å². The fourth-order valence-electron chi connectivity index (χ4n) is 2.67. The first-order valence-electron chi connectivity index (χ1n) is 6.68. The van der Waals surface area contributed by atoms with Gasteiger partial charge in [-0.3, -0.25) is 4.79 Å². The number of hydrogen-bond donors (Lipinski definition) is 2. The molecule has 0 fully saturated rings. The Morgan fingerprint density at radius 3 is 2.86 bits per heavy atom. The number of aryl methyl sites for hydroxylation is 1. The summed E-state index contributed by atoms with van der Waals surface area (Å²) in [7, 11) is 0. The van der Waals surface area contributed by atoms with Crippen LogP contribution >= 0.6 is 15.9 Å². The molecule has 2 N–H and O–H groups in total. The Hall–Kier alpha value is -1.69. The van der Waals surface area contributed by atoms with E-state index in [0.29, 0.717) is 0 Å². The van der Waals surface area contributed by atoms with Gasteiger partial charge in [0.1, 0.15) is 11.6 Å². The van der Waals surface area contributed by atoms with Gasteiger partial charge in [-0.25, -0.2) is 8.78 Å². The van der Waals surface area contributed by atoms with E-state index in [1.807, 2.05) is 0 Å². The molecule has 2 aromatic rings. The Morgan fingerprint density at radius 2 is 2.05 bits per heavy atom. The maximum absolute atomic E-state index is 13.8. The molecule has 3 rings (SSSR count). The van der Waals surface area contributed by atoms with E-state index in [0.717, 1.165) is 36.6 Å². The third-order valence-corrected chi connectivity index (χ3v) is 4.28. The molecule has 110 valence electrons. The molecule has 0 bridgehead atoms. The summed E-state index contributed by atoms with van der Waals surface area (Å²) in [4.78, 5) is 14.2. The third kappa shape index (κ3) is 2.85. The van der Waals surface area contributed by atoms with Gasteiger partial charge in [-0.1, -0.05) is 0 Å². The minimum atomic E-state index is -0.633. The Bertz CT molecular complexity index is 745. The number of H-pyrrole nitrogens is 1. The van der Waals surface area contributed by atoms with E-state index in [1.165, 1.54) is 12.1 Å². The Morgan fingerprint density at radius 1 is 1.24 bits per heavy atom. The lowest BCUT2D eigenvalue weighted by Crippen LogP contribution is -2.22. The first-order chi connectivity index (χ1) is 10.0. The van der Waals surface area contributed by atoms with Gasteiger partial charge in [-0.15, -0.1) is 0 Å². The SMILES string of the molecule is O=c1ccc2c([nH]1)CCCC2Nc1cc(Br)c(F)cc1F. The standard InChI is InChI=1S/C15H13BrF2N2O/c16-9-6-14(11(18)7-10(9)17)19-12-2-1-3-13-8(12)4-5-15(21)20-13/h4-7,12,19H,1-3H2,(H,20,21). The second-order valence-electron chi connectivity index (χ2n) is 5.09. The van der Waals surface area contributed by atoms with Crippen molar-refractivity contribution < 1.29 is 8.78 Å². The molecular formula is C15H13BrF2N2O. The van der Waals surface area contributed by atoms with Crippen molar-refractivity contribution in [2.45, 2.75) is 25.3 Å². The predicted molar refractivity (Wildman–Crippen MR) is 80.4 cm³/mol. The second kappa shape index (κ2) is 5.60. The molecule has 6 heteroatoms. The van der Waals surface area contributed by atoms with Crippen molar-refractivity contribution in [2.75, 3.05) is 5.32 Å². The predicted octanol–water partition coefficient (Wildman–Crippen LogP) is 3.91. The average molecular weight is 355 g/mol. The van der Waals surface area contributed by atoms with E-state index < -0.39 is 11.6 Å². The van der Waals surface area contributed by atoms with Crippen molar-refractivity contribution in [1.29, 1.82) is 0 Å². The van der Waals surface area contributed by atoms with Gasteiger partial charge in [0.15, 0.2) is 0 Å². The van der Waals surface area contributed by atoms with Gasteiger partial charge in [-0.05, 0) is 52.9 Å². The minimum Gasteiger partial charge on any atom is -0.376 e. The summed E-state index contributed by atoms with van der Waals surface area (Å²) in [5, 5.41) is 3.10. The van der Waals surface area contributed by atoms with Crippen LogP contribution < -0.4 is 10.9 Å². The number of anilines is 1. The number of rotatable bonds is 2. The average Bonchev–Trinajstić information content (AvgIpc) is 2.44. The van der Waals surface area contributed by atoms with Gasteiger partial charge in [0, 0.05) is 17.8 Å². The minimum absolute atomic E-state index is 0.0996. The summed E-state index contributed by atoms with van der Waals surface area (Å²) in [5.41, 5.74) is 1.95. The number of hydrogen-bond acceptors (Lipinski definition) is 2. The third-order valence-electron chi connectivity index (χ3n) is 3.67. The van der Waals surface area contributed by atoms with Gasteiger partial charge >= 0.3 is 0 Å². The van der Waals surface area contributed by atoms with Crippen LogP contribution in [0.2, 0.25) is 0 Å². The lowest BCUT2D eigenvalue weighted by atomic mass is 9.91. The molecule has 3 nitrogen and oxygen atoms in total. The number of fused-ring (bicyclic) bond motifs is 1. The van der Waals surface area contributed by atoms with Crippen molar-refractivity contribution in [3.63, 3.8) is 0 Å². The highest BCUT2D eigenvalue weighted by molar-refractivity contribution is 9.10. The summed E-state index contributed by atoms with van der Waals surface area (Å²) < 4.78 is 27.3. The van der Waals surface area contributed by atoms with Gasteiger partial charge in [0.25, 0.3) is 0 Å². The quantitative estimate of drug-likeness (QED) is 0.803. The van der Waals surface area contributed by atoms with E-state index in [4.69, 9.17) is 0 Å². The van der Waals surface area contributed by atoms with Crippen molar-refractivity contribution in [3.05, 3.63) is 62.0 Å². The number of nitrogens with one attached hydrogen (secondary N) is 2. The van der Waals surface area contributed by atoms with Crippen molar-refractivity contribution in [1.82, 2.24) is 4.98 Å². The lowest BCUT2D eigenvalue weighted by molar-refractivity contribution is 0.564. The van der Waals surface area contributed by atoms with Crippen LogP contribution in [0, 0.1) is 11.6 Å². The largest absolute Gasteiger partial charge is 0.376 e. The highest BCUT2D eigenvalue weighted by Gasteiger charge is 2.22. The molecule has 1 heterocycles. The zero-order chi connectivity index (χ0) is 15.0. The van der Waals surface area contributed by atoms with Crippen LogP contribution in [0.1, 0.15) is 30.1 Å². The van der Waals surface area contributed by atoms with Crippen molar-refractivity contribution >= 4 is 21.6 Å². The van der Waals surface area contributed by atoms with Crippen molar-refractivity contribution in [3.8, 4) is 0 Å². The number of pyridine rings is 1. The van der Waals surface area contributed by atoms with E-state index in [1.54, 1.807) is 6.07 Å². The summed E-state index contributed by atoms with van der Waals surface area (Å²) in [6.07, 6.45) is 2.53. The monoisotopic (exact) mass is 354 g/mol. The Balaban J connectivity index is 1.94. The smallest absolute Gasteiger partial charge is 0.248 e. The normalized spacial score (nSPS) is 17.4. The maximum Gasteiger partial charge on any atom is 0.248 e. The first kappa shape index (κ1) is 14.3. The van der Waals surface area contributed by atoms with E-state index >= 15 is 0 Å². The number of aromatic nitrogens is 1. The zero-order valence-corrected chi connectivity index (χ0v) is 12.6. The van der Waals surface area contributed by atoms with Crippen LogP contribution in [0.15, 0.2) is 33.5 Å². The highest BCUT2D eigenvalue weighted by atomic mass is 79.9. The lowest BCUT2D eigenvalue weighted by Gasteiger charge is -2.27. The molecule has 1 aliphatic carbocycles. The number of benzene rings is 1. The molecule has 0 aliphatic heterocycles. The van der Waals surface area contributed by atoms with Crippen LogP contribution in [0.3, 0.4) is 0 Å². The molecule has 1 aromatic heterocycles. The summed E-state index contributed by atoms with van der Waals surface area (Å²) >= 11 is 3.06. The zero-order valence-electron chi connectivity index (χ0n) is 11.1. The fourth-order valence-corrected chi connectivity index (χ4v) is 3.01. The molecule has 21 heavy (non-hydrogen) atoms. The van der Waals surface area contributed by atoms with Crippen molar-refractivity contribution in [2.24, 2.45) is 0 Å². The fraction of sp³-hybridized carbons (Fsp3) is 0.267. The molecule has 1 aromatic carbocycles. The van der Waals surface area contributed by atoms with Crippen LogP contribution in [0.4, 0.5) is 14.5 Å². The van der Waals surface area contributed by atoms with E-state index in [-0.39, 0.29) is 21.8 Å². The molecule has 1 unspecified atom stereocenters. The summed E-state index contributed by atoms with van der Waals surface area (Å²) in [6.45, 7) is 0. The van der Waals surface area contributed by atoms with Crippen LogP contribution in [0.5, 0.6) is 0 Å². The van der Waals surface area contributed by atoms with Gasteiger partial charge in [0.05, 0.1) is 16.2 Å². The highest BCUT2D eigenvalue weighted by Crippen LogP contribution is 2.33. The molecule has 0 saturated heterocycles. The molecular weight excluding hydrogens is 342 g/mol. The second-order valence-corrected chi connectivity index (χ2v) is 5.95. The Labute approximate surface area is 128 Å². The van der Waals surface area contributed by atoms with Gasteiger partial charge in [-0.2, -0.15) is 0 Å². The topological polar surface area (TPSA) is 44.9 Å². The summed E-state index contributed by atoms with van der Waals surface area (Å²) in [5.74, 6) is -1.27. The molecule has 0 saturated carbocycles. The van der Waals surface area contributed by atoms with E-state index in [2.05, 4.69) is 26.2 Å². The molecule has 0 amide bonds. The summed E-state index contributed by atoms with van der Waals surface area (Å²) in [6, 6.07) is 5.38.